The number of nitrogens with one attached hydrogen (secondary N) is 2. The second kappa shape index (κ2) is 9.58. The number of benzene rings is 1. The Morgan fingerprint density at radius 3 is 2.59 bits per heavy atom. The van der Waals surface area contributed by atoms with Gasteiger partial charge in [-0.2, -0.15) is 0 Å². The normalized spacial score (nSPS) is 20.8. The van der Waals surface area contributed by atoms with Gasteiger partial charge in [0.2, 0.25) is 5.91 Å². The molecule has 1 heterocycles. The summed E-state index contributed by atoms with van der Waals surface area (Å²) in [7, 11) is 0. The topological polar surface area (TPSA) is 58.2 Å². The monoisotopic (exact) mass is 490 g/mol. The summed E-state index contributed by atoms with van der Waals surface area (Å²) in [6.45, 7) is 4.62. The molecule has 7 heteroatoms. The number of hydrogen-bond acceptors (Lipinski definition) is 3. The first-order valence-electron chi connectivity index (χ1n) is 11.1. The van der Waals surface area contributed by atoms with Crippen molar-refractivity contribution in [2.45, 2.75) is 46.0 Å². The molecule has 1 aromatic carbocycles. The fraction of sp³-hybridized carbons (Fsp3) is 0.440. The van der Waals surface area contributed by atoms with Gasteiger partial charge in [0.1, 0.15) is 9.49 Å². The van der Waals surface area contributed by atoms with Crippen molar-refractivity contribution in [1.82, 2.24) is 5.32 Å². The van der Waals surface area contributed by atoms with Gasteiger partial charge in [0.05, 0.1) is 11.5 Å². The van der Waals surface area contributed by atoms with Crippen molar-refractivity contribution in [3.05, 3.63) is 62.5 Å². The van der Waals surface area contributed by atoms with Crippen LogP contribution in [-0.4, -0.2) is 18.4 Å². The van der Waals surface area contributed by atoms with Crippen molar-refractivity contribution in [3.8, 4) is 0 Å². The first kappa shape index (κ1) is 23.3. The number of halogens is 2. The van der Waals surface area contributed by atoms with Crippen LogP contribution in [0, 0.1) is 17.3 Å². The van der Waals surface area contributed by atoms with Crippen molar-refractivity contribution in [2.75, 3.05) is 11.9 Å². The highest BCUT2D eigenvalue weighted by Crippen LogP contribution is 2.60. The van der Waals surface area contributed by atoms with Crippen molar-refractivity contribution in [3.63, 3.8) is 0 Å². The van der Waals surface area contributed by atoms with E-state index in [2.05, 4.69) is 22.8 Å². The average molecular weight is 491 g/mol. The molecule has 1 fully saturated rings. The molecule has 1 saturated carbocycles. The number of amides is 2. The largest absolute Gasteiger partial charge is 0.352 e. The van der Waals surface area contributed by atoms with E-state index in [4.69, 9.17) is 23.2 Å². The number of fused-ring (bicyclic) bond motifs is 1. The Kier molecular flexibility index (Phi) is 6.99. The predicted molar refractivity (Wildman–Crippen MR) is 133 cm³/mol. The van der Waals surface area contributed by atoms with Gasteiger partial charge >= 0.3 is 0 Å². The minimum atomic E-state index is -0.219. The lowest BCUT2D eigenvalue weighted by Crippen LogP contribution is -2.28. The number of aryl methyl sites for hydroxylation is 1. The summed E-state index contributed by atoms with van der Waals surface area (Å²) >= 11 is 13.2. The van der Waals surface area contributed by atoms with Gasteiger partial charge in [0.25, 0.3) is 5.91 Å². The van der Waals surface area contributed by atoms with Crippen LogP contribution in [0.5, 0.6) is 0 Å². The first-order valence-corrected chi connectivity index (χ1v) is 12.7. The molecule has 2 aliphatic rings. The Labute approximate surface area is 203 Å². The van der Waals surface area contributed by atoms with Crippen LogP contribution in [0.2, 0.25) is 0 Å². The summed E-state index contributed by atoms with van der Waals surface area (Å²) < 4.78 is 0.184. The molecule has 2 unspecified atom stereocenters. The summed E-state index contributed by atoms with van der Waals surface area (Å²) in [4.78, 5) is 27.5. The Hall–Kier alpha value is -1.82. The molecule has 32 heavy (non-hydrogen) atoms. The maximum Gasteiger partial charge on any atom is 0.254 e. The number of allylic oxidation sites excluding steroid dienone is 1. The minimum Gasteiger partial charge on any atom is -0.352 e. The van der Waals surface area contributed by atoms with E-state index in [1.807, 2.05) is 32.0 Å². The van der Waals surface area contributed by atoms with Crippen LogP contribution in [-0.2, 0) is 24.1 Å². The number of hydrogen-bond donors (Lipinski definition) is 2. The van der Waals surface area contributed by atoms with Crippen LogP contribution < -0.4 is 10.6 Å². The SMILES string of the molecule is CC1(C)C(C=C(Cl)Cl)C1C(=O)Nc1sc2c(c1C(=O)NCCc1ccccc1)CCCC2. The van der Waals surface area contributed by atoms with Crippen molar-refractivity contribution < 1.29 is 9.59 Å². The summed E-state index contributed by atoms with van der Waals surface area (Å²) in [5, 5.41) is 6.81. The second-order valence-electron chi connectivity index (χ2n) is 9.18. The highest BCUT2D eigenvalue weighted by molar-refractivity contribution is 7.17. The van der Waals surface area contributed by atoms with Gasteiger partial charge in [-0.3, -0.25) is 9.59 Å². The van der Waals surface area contributed by atoms with Crippen molar-refractivity contribution in [1.29, 1.82) is 0 Å². The molecular weight excluding hydrogens is 463 g/mol. The van der Waals surface area contributed by atoms with E-state index in [0.29, 0.717) is 17.1 Å². The zero-order valence-corrected chi connectivity index (χ0v) is 20.7. The number of anilines is 1. The van der Waals surface area contributed by atoms with Gasteiger partial charge in [-0.1, -0.05) is 67.4 Å². The van der Waals surface area contributed by atoms with E-state index in [0.717, 1.165) is 37.7 Å². The molecule has 2 amide bonds. The highest BCUT2D eigenvalue weighted by Gasteiger charge is 2.60. The molecule has 2 aromatic rings. The summed E-state index contributed by atoms with van der Waals surface area (Å²) in [5.74, 6) is -0.415. The van der Waals surface area contributed by atoms with Gasteiger partial charge in [0, 0.05) is 11.4 Å². The molecule has 2 atom stereocenters. The predicted octanol–water partition coefficient (Wildman–Crippen LogP) is 6.13. The third kappa shape index (κ3) is 4.90. The molecule has 4 nitrogen and oxygen atoms in total. The molecule has 170 valence electrons. The third-order valence-electron chi connectivity index (χ3n) is 6.68. The van der Waals surface area contributed by atoms with Gasteiger partial charge in [-0.05, 0) is 60.6 Å². The van der Waals surface area contributed by atoms with Crippen LogP contribution in [0.25, 0.3) is 0 Å². The van der Waals surface area contributed by atoms with Crippen LogP contribution in [0.1, 0.15) is 53.1 Å². The number of carbonyl (C=O) groups is 2. The fourth-order valence-corrected chi connectivity index (χ4v) is 6.32. The van der Waals surface area contributed by atoms with Crippen LogP contribution in [0.4, 0.5) is 5.00 Å². The van der Waals surface area contributed by atoms with Crippen LogP contribution in [0.15, 0.2) is 40.9 Å². The van der Waals surface area contributed by atoms with E-state index in [9.17, 15) is 9.59 Å². The fourth-order valence-electron chi connectivity index (χ4n) is 4.76. The molecule has 0 spiro atoms. The Morgan fingerprint density at radius 1 is 1.16 bits per heavy atom. The lowest BCUT2D eigenvalue weighted by atomic mass is 9.95. The lowest BCUT2D eigenvalue weighted by Gasteiger charge is -2.13. The molecular formula is C25H28Cl2N2O2S. The van der Waals surface area contributed by atoms with E-state index < -0.39 is 0 Å². The summed E-state index contributed by atoms with van der Waals surface area (Å²) in [6, 6.07) is 10.1. The Balaban J connectivity index is 1.50. The molecule has 0 radical (unpaired) electrons. The van der Waals surface area contributed by atoms with Gasteiger partial charge in [0.15, 0.2) is 0 Å². The molecule has 0 bridgehead atoms. The van der Waals surface area contributed by atoms with Gasteiger partial charge in [-0.15, -0.1) is 11.3 Å². The third-order valence-corrected chi connectivity index (χ3v) is 8.14. The summed E-state index contributed by atoms with van der Waals surface area (Å²) in [5.41, 5.74) is 2.71. The molecule has 2 N–H and O–H groups in total. The quantitative estimate of drug-likeness (QED) is 0.490. The smallest absolute Gasteiger partial charge is 0.254 e. The number of rotatable bonds is 7. The lowest BCUT2D eigenvalue weighted by molar-refractivity contribution is -0.118. The van der Waals surface area contributed by atoms with Crippen molar-refractivity contribution >= 4 is 51.4 Å². The van der Waals surface area contributed by atoms with Crippen LogP contribution in [0.3, 0.4) is 0 Å². The molecule has 0 aliphatic heterocycles. The minimum absolute atomic E-state index is 0.00904. The van der Waals surface area contributed by atoms with E-state index >= 15 is 0 Å². The van der Waals surface area contributed by atoms with Crippen LogP contribution >= 0.6 is 34.5 Å². The highest BCUT2D eigenvalue weighted by atomic mass is 35.5. The zero-order chi connectivity index (χ0) is 22.9. The standard InChI is InChI=1S/C25H28Cl2N2O2S/c1-25(2)17(14-19(26)27)21(25)23(31)29-24-20(16-10-6-7-11-18(16)32-24)22(30)28-13-12-15-8-4-3-5-9-15/h3-5,8-9,14,17,21H,6-7,10-13H2,1-2H3,(H,28,30)(H,29,31). The number of thiophene rings is 1. The van der Waals surface area contributed by atoms with Gasteiger partial charge in [-0.25, -0.2) is 0 Å². The molecule has 2 aliphatic carbocycles. The van der Waals surface area contributed by atoms with E-state index in [-0.39, 0.29) is 33.6 Å². The Morgan fingerprint density at radius 2 is 1.88 bits per heavy atom. The Bertz CT molecular complexity index is 1040. The average Bonchev–Trinajstić information content (AvgIpc) is 3.10. The maximum absolute atomic E-state index is 13.2. The maximum atomic E-state index is 13.2. The van der Waals surface area contributed by atoms with E-state index in [1.54, 1.807) is 17.4 Å². The van der Waals surface area contributed by atoms with Crippen molar-refractivity contribution in [2.24, 2.45) is 17.3 Å². The second-order valence-corrected chi connectivity index (χ2v) is 11.3. The first-order chi connectivity index (χ1) is 15.3. The van der Waals surface area contributed by atoms with E-state index in [1.165, 1.54) is 10.4 Å². The molecule has 1 aromatic heterocycles. The summed E-state index contributed by atoms with van der Waals surface area (Å²) in [6.07, 6.45) is 6.53. The zero-order valence-electron chi connectivity index (χ0n) is 18.3. The number of carbonyl (C=O) groups excluding carboxylic acids is 2. The van der Waals surface area contributed by atoms with Gasteiger partial charge < -0.3 is 10.6 Å². The molecule has 4 rings (SSSR count). The molecule has 0 saturated heterocycles.